The third kappa shape index (κ3) is 4.86. The summed E-state index contributed by atoms with van der Waals surface area (Å²) in [5.74, 6) is 0.495. The van der Waals surface area contributed by atoms with Gasteiger partial charge in [0.05, 0.1) is 0 Å². The highest BCUT2D eigenvalue weighted by atomic mass is 79.9. The van der Waals surface area contributed by atoms with Crippen molar-refractivity contribution in [1.82, 2.24) is 10.3 Å². The number of aromatic nitrogens is 1. The van der Waals surface area contributed by atoms with Gasteiger partial charge in [0.1, 0.15) is 5.75 Å². The maximum Gasteiger partial charge on any atom is 0.413 e. The van der Waals surface area contributed by atoms with Crippen LogP contribution >= 0.6 is 15.9 Å². The number of ether oxygens (including phenoxy) is 1. The third-order valence-corrected chi connectivity index (χ3v) is 2.99. The first-order chi connectivity index (χ1) is 9.83. The van der Waals surface area contributed by atoms with Gasteiger partial charge in [-0.05, 0) is 60.5 Å². The highest BCUT2D eigenvalue weighted by Gasteiger charge is 2.15. The van der Waals surface area contributed by atoms with E-state index in [9.17, 15) is 4.79 Å². The SMILES string of the molecule is CC(C)(C)NC(=O)Oc1cccc(-c2cncc(Br)c2)c1. The molecule has 5 heteroatoms. The molecule has 21 heavy (non-hydrogen) atoms. The molecule has 2 aromatic rings. The fraction of sp³-hybridized carbons (Fsp3) is 0.250. The fourth-order valence-electron chi connectivity index (χ4n) is 1.75. The van der Waals surface area contributed by atoms with Crippen molar-refractivity contribution in [3.8, 4) is 16.9 Å². The number of amides is 1. The molecule has 0 spiro atoms. The largest absolute Gasteiger partial charge is 0.413 e. The van der Waals surface area contributed by atoms with Gasteiger partial charge < -0.3 is 10.1 Å². The van der Waals surface area contributed by atoms with Crippen molar-refractivity contribution in [3.05, 3.63) is 47.2 Å². The summed E-state index contributed by atoms with van der Waals surface area (Å²) in [6.45, 7) is 5.70. The number of halogens is 1. The molecule has 1 aromatic heterocycles. The molecule has 0 aliphatic rings. The number of hydrogen-bond acceptors (Lipinski definition) is 3. The molecule has 1 N–H and O–H groups in total. The molecule has 0 aliphatic carbocycles. The molecule has 1 aromatic carbocycles. The quantitative estimate of drug-likeness (QED) is 0.874. The molecule has 0 radical (unpaired) electrons. The summed E-state index contributed by atoms with van der Waals surface area (Å²) in [6.07, 6.45) is 3.02. The number of carbonyl (C=O) groups is 1. The molecule has 2 rings (SSSR count). The molecule has 110 valence electrons. The standard InChI is InChI=1S/C16H17BrN2O2/c1-16(2,3)19-15(20)21-14-6-4-5-11(8-14)12-7-13(17)10-18-9-12/h4-10H,1-3H3,(H,19,20). The van der Waals surface area contributed by atoms with Crippen LogP contribution in [0.1, 0.15) is 20.8 Å². The van der Waals surface area contributed by atoms with Crippen molar-refractivity contribution in [1.29, 1.82) is 0 Å². The summed E-state index contributed by atoms with van der Waals surface area (Å²) in [5.41, 5.74) is 1.55. The van der Waals surface area contributed by atoms with Crippen molar-refractivity contribution in [2.75, 3.05) is 0 Å². The lowest BCUT2D eigenvalue weighted by Crippen LogP contribution is -2.42. The number of pyridine rings is 1. The van der Waals surface area contributed by atoms with Crippen molar-refractivity contribution in [3.63, 3.8) is 0 Å². The number of nitrogens with zero attached hydrogens (tertiary/aromatic N) is 1. The van der Waals surface area contributed by atoms with Crippen molar-refractivity contribution in [2.24, 2.45) is 0 Å². The van der Waals surface area contributed by atoms with Crippen LogP contribution in [0.2, 0.25) is 0 Å². The Morgan fingerprint density at radius 1 is 1.19 bits per heavy atom. The van der Waals surface area contributed by atoms with E-state index in [1.54, 1.807) is 18.5 Å². The Morgan fingerprint density at radius 2 is 1.95 bits per heavy atom. The van der Waals surface area contributed by atoms with Gasteiger partial charge in [-0.1, -0.05) is 12.1 Å². The van der Waals surface area contributed by atoms with E-state index in [1.807, 2.05) is 45.0 Å². The Morgan fingerprint density at radius 3 is 2.62 bits per heavy atom. The predicted octanol–water partition coefficient (Wildman–Crippen LogP) is 4.40. The Bertz CT molecular complexity index is 651. The molecule has 4 nitrogen and oxygen atoms in total. The average Bonchev–Trinajstić information content (AvgIpc) is 2.36. The van der Waals surface area contributed by atoms with Crippen molar-refractivity contribution >= 4 is 22.0 Å². The van der Waals surface area contributed by atoms with Gasteiger partial charge in [0.25, 0.3) is 0 Å². The Balaban J connectivity index is 2.17. The lowest BCUT2D eigenvalue weighted by atomic mass is 10.1. The lowest BCUT2D eigenvalue weighted by Gasteiger charge is -2.19. The highest BCUT2D eigenvalue weighted by Crippen LogP contribution is 2.25. The third-order valence-electron chi connectivity index (χ3n) is 2.56. The van der Waals surface area contributed by atoms with Crippen LogP contribution < -0.4 is 10.1 Å². The monoisotopic (exact) mass is 348 g/mol. The number of benzene rings is 1. The second kappa shape index (κ2) is 6.26. The lowest BCUT2D eigenvalue weighted by molar-refractivity contribution is 0.190. The van der Waals surface area contributed by atoms with E-state index in [0.29, 0.717) is 5.75 Å². The topological polar surface area (TPSA) is 51.2 Å². The van der Waals surface area contributed by atoms with E-state index in [1.165, 1.54) is 0 Å². The normalized spacial score (nSPS) is 11.0. The summed E-state index contributed by atoms with van der Waals surface area (Å²) >= 11 is 3.39. The fourth-order valence-corrected chi connectivity index (χ4v) is 2.11. The van der Waals surface area contributed by atoms with E-state index in [-0.39, 0.29) is 5.54 Å². The second-order valence-corrected chi connectivity index (χ2v) is 6.60. The first kappa shape index (κ1) is 15.5. The molecule has 0 fully saturated rings. The molecule has 1 heterocycles. The number of hydrogen-bond donors (Lipinski definition) is 1. The number of nitrogens with one attached hydrogen (secondary N) is 1. The molecular formula is C16H17BrN2O2. The van der Waals surface area contributed by atoms with Crippen LogP contribution in [0.3, 0.4) is 0 Å². The zero-order chi connectivity index (χ0) is 15.5. The van der Waals surface area contributed by atoms with Gasteiger partial charge in [-0.15, -0.1) is 0 Å². The van der Waals surface area contributed by atoms with E-state index in [0.717, 1.165) is 15.6 Å². The molecular weight excluding hydrogens is 332 g/mol. The van der Waals surface area contributed by atoms with E-state index in [2.05, 4.69) is 26.2 Å². The minimum absolute atomic E-state index is 0.330. The zero-order valence-corrected chi connectivity index (χ0v) is 13.8. The molecule has 0 unspecified atom stereocenters. The van der Waals surface area contributed by atoms with Gasteiger partial charge >= 0.3 is 6.09 Å². The van der Waals surface area contributed by atoms with E-state index < -0.39 is 6.09 Å². The van der Waals surface area contributed by atoms with E-state index in [4.69, 9.17) is 4.74 Å². The van der Waals surface area contributed by atoms with Gasteiger partial charge in [0, 0.05) is 28.0 Å². The van der Waals surface area contributed by atoms with Crippen LogP contribution in [0.25, 0.3) is 11.1 Å². The first-order valence-corrected chi connectivity index (χ1v) is 7.34. The molecule has 0 saturated heterocycles. The van der Waals surface area contributed by atoms with Crippen LogP contribution in [-0.2, 0) is 0 Å². The van der Waals surface area contributed by atoms with Gasteiger partial charge in [0.15, 0.2) is 0 Å². The van der Waals surface area contributed by atoms with Gasteiger partial charge in [-0.3, -0.25) is 4.98 Å². The highest BCUT2D eigenvalue weighted by molar-refractivity contribution is 9.10. The van der Waals surface area contributed by atoms with Crippen LogP contribution in [-0.4, -0.2) is 16.6 Å². The number of carbonyl (C=O) groups excluding carboxylic acids is 1. The van der Waals surface area contributed by atoms with Crippen LogP contribution in [0, 0.1) is 0 Å². The summed E-state index contributed by atoms with van der Waals surface area (Å²) in [7, 11) is 0. The number of rotatable bonds is 2. The van der Waals surface area contributed by atoms with Crippen LogP contribution in [0.15, 0.2) is 47.2 Å². The van der Waals surface area contributed by atoms with Gasteiger partial charge in [-0.25, -0.2) is 4.79 Å². The molecule has 0 atom stereocenters. The summed E-state index contributed by atoms with van der Waals surface area (Å²) in [5, 5.41) is 2.75. The van der Waals surface area contributed by atoms with Crippen LogP contribution in [0.4, 0.5) is 4.79 Å². The average molecular weight is 349 g/mol. The zero-order valence-electron chi connectivity index (χ0n) is 12.2. The first-order valence-electron chi connectivity index (χ1n) is 6.54. The molecule has 0 aliphatic heterocycles. The maximum atomic E-state index is 11.8. The summed E-state index contributed by atoms with van der Waals surface area (Å²) in [4.78, 5) is 15.9. The molecule has 0 bridgehead atoms. The minimum atomic E-state index is -0.466. The summed E-state index contributed by atoms with van der Waals surface area (Å²) in [6, 6.07) is 9.30. The van der Waals surface area contributed by atoms with Gasteiger partial charge in [-0.2, -0.15) is 0 Å². The summed E-state index contributed by atoms with van der Waals surface area (Å²) < 4.78 is 6.20. The van der Waals surface area contributed by atoms with Crippen molar-refractivity contribution in [2.45, 2.75) is 26.3 Å². The predicted molar refractivity (Wildman–Crippen MR) is 86.3 cm³/mol. The smallest absolute Gasteiger partial charge is 0.410 e. The van der Waals surface area contributed by atoms with Gasteiger partial charge in [0.2, 0.25) is 0 Å². The Kier molecular flexibility index (Phi) is 4.63. The van der Waals surface area contributed by atoms with Crippen molar-refractivity contribution < 1.29 is 9.53 Å². The minimum Gasteiger partial charge on any atom is -0.410 e. The maximum absolute atomic E-state index is 11.8. The molecule has 1 amide bonds. The second-order valence-electron chi connectivity index (χ2n) is 5.68. The Labute approximate surface area is 132 Å². The van der Waals surface area contributed by atoms with E-state index >= 15 is 0 Å². The molecule has 0 saturated carbocycles. The Hall–Kier alpha value is -1.88. The van der Waals surface area contributed by atoms with Crippen LogP contribution in [0.5, 0.6) is 5.75 Å².